The highest BCUT2D eigenvalue weighted by Gasteiger charge is 2.25. The van der Waals surface area contributed by atoms with Crippen LogP contribution < -0.4 is 4.90 Å². The number of rotatable bonds is 1. The summed E-state index contributed by atoms with van der Waals surface area (Å²) in [7, 11) is 4.22. The summed E-state index contributed by atoms with van der Waals surface area (Å²) in [6.45, 7) is 0. The molecule has 29 heavy (non-hydrogen) atoms. The third kappa shape index (κ3) is 1.76. The van der Waals surface area contributed by atoms with Crippen LogP contribution in [0.2, 0.25) is 0 Å². The lowest BCUT2D eigenvalue weighted by atomic mass is 9.88. The summed E-state index contributed by atoms with van der Waals surface area (Å²) in [5.74, 6) is 0. The summed E-state index contributed by atoms with van der Waals surface area (Å²) in [6, 6.07) is 29.6. The zero-order chi connectivity index (χ0) is 19.3. The molecule has 0 bridgehead atoms. The minimum Gasteiger partial charge on any atom is -0.378 e. The van der Waals surface area contributed by atoms with Crippen molar-refractivity contribution in [3.05, 3.63) is 78.9 Å². The van der Waals surface area contributed by atoms with E-state index >= 15 is 0 Å². The average molecular weight is 369 g/mol. The maximum atomic E-state index is 2.34. The van der Waals surface area contributed by atoms with Gasteiger partial charge in [0, 0.05) is 19.8 Å². The van der Waals surface area contributed by atoms with Crippen LogP contribution in [0.1, 0.15) is 0 Å². The molecule has 1 nitrogen and oxygen atoms in total. The average Bonchev–Trinajstić information content (AvgIpc) is 3.08. The van der Waals surface area contributed by atoms with Crippen molar-refractivity contribution in [2.24, 2.45) is 0 Å². The number of hydrogen-bond donors (Lipinski definition) is 0. The molecule has 6 aromatic carbocycles. The zero-order valence-corrected chi connectivity index (χ0v) is 16.5. The summed E-state index contributed by atoms with van der Waals surface area (Å²) in [4.78, 5) is 2.18. The lowest BCUT2D eigenvalue weighted by Crippen LogP contribution is -2.08. The topological polar surface area (TPSA) is 3.24 Å². The van der Waals surface area contributed by atoms with Crippen molar-refractivity contribution in [3.8, 4) is 22.3 Å². The smallest absolute Gasteiger partial charge is 0.0367 e. The van der Waals surface area contributed by atoms with Crippen molar-refractivity contribution in [1.29, 1.82) is 0 Å². The highest BCUT2D eigenvalue weighted by molar-refractivity contribution is 6.37. The number of fused-ring (bicyclic) bond motifs is 5. The molecular weight excluding hydrogens is 350 g/mol. The van der Waals surface area contributed by atoms with Crippen molar-refractivity contribution >= 4 is 48.8 Å². The van der Waals surface area contributed by atoms with Crippen LogP contribution in [-0.4, -0.2) is 14.1 Å². The Morgan fingerprint density at radius 2 is 1.07 bits per heavy atom. The van der Waals surface area contributed by atoms with Crippen molar-refractivity contribution in [3.63, 3.8) is 0 Å². The summed E-state index contributed by atoms with van der Waals surface area (Å²) in [5, 5.41) is 11.0. The number of nitrogens with zero attached hydrogens (tertiary/aromatic N) is 1. The lowest BCUT2D eigenvalue weighted by molar-refractivity contribution is 1.13. The second-order valence-corrected chi connectivity index (χ2v) is 8.40. The fourth-order valence-electron chi connectivity index (χ4n) is 5.45. The first-order chi connectivity index (χ1) is 14.2. The van der Waals surface area contributed by atoms with Crippen LogP contribution in [-0.2, 0) is 0 Å². The van der Waals surface area contributed by atoms with Crippen LogP contribution in [0.5, 0.6) is 0 Å². The Morgan fingerprint density at radius 3 is 1.72 bits per heavy atom. The van der Waals surface area contributed by atoms with Crippen LogP contribution in [0.3, 0.4) is 0 Å². The van der Waals surface area contributed by atoms with Gasteiger partial charge in [0.1, 0.15) is 0 Å². The van der Waals surface area contributed by atoms with Gasteiger partial charge in [-0.05, 0) is 77.5 Å². The Kier molecular flexibility index (Phi) is 2.68. The molecule has 0 atom stereocenters. The van der Waals surface area contributed by atoms with E-state index in [1.54, 1.807) is 0 Å². The third-order valence-electron chi connectivity index (χ3n) is 6.75. The van der Waals surface area contributed by atoms with Gasteiger partial charge in [0.05, 0.1) is 0 Å². The molecule has 0 spiro atoms. The van der Waals surface area contributed by atoms with E-state index < -0.39 is 0 Å². The van der Waals surface area contributed by atoms with Gasteiger partial charge >= 0.3 is 0 Å². The van der Waals surface area contributed by atoms with Crippen molar-refractivity contribution in [2.75, 3.05) is 19.0 Å². The van der Waals surface area contributed by atoms with Gasteiger partial charge < -0.3 is 4.90 Å². The molecule has 136 valence electrons. The molecule has 0 aromatic heterocycles. The Balaban J connectivity index is 1.73. The van der Waals surface area contributed by atoms with Crippen LogP contribution in [0, 0.1) is 0 Å². The van der Waals surface area contributed by atoms with E-state index in [4.69, 9.17) is 0 Å². The Labute approximate surface area is 169 Å². The SMILES string of the molecule is CN(C)c1ccc2c(c1)-c1ccc3c4cccc5cccc(c6ccc-2c1c63)c54. The lowest BCUT2D eigenvalue weighted by Gasteiger charge is -2.15. The Bertz CT molecular complexity index is 1570. The van der Waals surface area contributed by atoms with Gasteiger partial charge in [0.25, 0.3) is 0 Å². The van der Waals surface area contributed by atoms with Gasteiger partial charge in [-0.15, -0.1) is 0 Å². The molecule has 0 amide bonds. The summed E-state index contributed by atoms with van der Waals surface area (Å²) >= 11 is 0. The molecule has 1 aliphatic rings. The van der Waals surface area contributed by atoms with Crippen LogP contribution >= 0.6 is 0 Å². The van der Waals surface area contributed by atoms with E-state index in [1.165, 1.54) is 71.0 Å². The highest BCUT2D eigenvalue weighted by atomic mass is 15.1. The number of hydrogen-bond acceptors (Lipinski definition) is 1. The number of benzene rings is 6. The summed E-state index contributed by atoms with van der Waals surface area (Å²) in [5.41, 5.74) is 6.69. The predicted octanol–water partition coefficient (Wildman–Crippen LogP) is 7.45. The van der Waals surface area contributed by atoms with Gasteiger partial charge in [0.15, 0.2) is 0 Å². The van der Waals surface area contributed by atoms with Crippen LogP contribution in [0.25, 0.3) is 65.3 Å². The fraction of sp³-hybridized carbons (Fsp3) is 0.0714. The maximum Gasteiger partial charge on any atom is 0.0367 e. The Hall–Kier alpha value is -3.58. The molecule has 1 heteroatoms. The highest BCUT2D eigenvalue weighted by Crippen LogP contribution is 2.52. The van der Waals surface area contributed by atoms with Gasteiger partial charge in [0.2, 0.25) is 0 Å². The monoisotopic (exact) mass is 369 g/mol. The minimum atomic E-state index is 1.25. The maximum absolute atomic E-state index is 2.34. The van der Waals surface area contributed by atoms with E-state index in [-0.39, 0.29) is 0 Å². The first-order valence-electron chi connectivity index (χ1n) is 10.2. The molecule has 0 fully saturated rings. The van der Waals surface area contributed by atoms with Gasteiger partial charge in [-0.1, -0.05) is 66.7 Å². The molecule has 0 N–H and O–H groups in total. The Morgan fingerprint density at radius 1 is 0.483 bits per heavy atom. The van der Waals surface area contributed by atoms with Crippen LogP contribution in [0.4, 0.5) is 5.69 Å². The van der Waals surface area contributed by atoms with Crippen LogP contribution in [0.15, 0.2) is 78.9 Å². The molecule has 0 aliphatic heterocycles. The van der Waals surface area contributed by atoms with E-state index in [0.29, 0.717) is 0 Å². The summed E-state index contributed by atoms with van der Waals surface area (Å²) < 4.78 is 0. The molecule has 0 saturated heterocycles. The quantitative estimate of drug-likeness (QED) is 0.214. The minimum absolute atomic E-state index is 1.25. The van der Waals surface area contributed by atoms with E-state index in [2.05, 4.69) is 97.9 Å². The molecule has 0 radical (unpaired) electrons. The molecule has 7 rings (SSSR count). The zero-order valence-electron chi connectivity index (χ0n) is 16.5. The molecule has 0 unspecified atom stereocenters. The van der Waals surface area contributed by atoms with Crippen molar-refractivity contribution < 1.29 is 0 Å². The van der Waals surface area contributed by atoms with Gasteiger partial charge in [-0.25, -0.2) is 0 Å². The first-order valence-corrected chi connectivity index (χ1v) is 10.2. The molecule has 1 aliphatic carbocycles. The largest absolute Gasteiger partial charge is 0.378 e. The molecular formula is C28H19N. The predicted molar refractivity (Wildman–Crippen MR) is 126 cm³/mol. The summed E-state index contributed by atoms with van der Waals surface area (Å²) in [6.07, 6.45) is 0. The normalized spacial score (nSPS) is 12.5. The molecule has 6 aromatic rings. The van der Waals surface area contributed by atoms with Gasteiger partial charge in [-0.3, -0.25) is 0 Å². The van der Waals surface area contributed by atoms with E-state index in [0.717, 1.165) is 0 Å². The third-order valence-corrected chi connectivity index (χ3v) is 6.75. The number of anilines is 1. The fourth-order valence-corrected chi connectivity index (χ4v) is 5.45. The second kappa shape index (κ2) is 5.07. The van der Waals surface area contributed by atoms with Crippen molar-refractivity contribution in [1.82, 2.24) is 0 Å². The second-order valence-electron chi connectivity index (χ2n) is 8.40. The molecule has 0 saturated carbocycles. The van der Waals surface area contributed by atoms with E-state index in [1.807, 2.05) is 0 Å². The van der Waals surface area contributed by atoms with E-state index in [9.17, 15) is 0 Å². The van der Waals surface area contributed by atoms with Gasteiger partial charge in [-0.2, -0.15) is 0 Å². The standard InChI is InChI=1S/C28H19N/c1-29(2)17-9-10-18-21-11-12-22-19-7-3-5-16-6-4-8-20(26(16)19)23-13-14-24(25(18)15-17)27(21)28(22)23/h3-15H,1-2H3. The van der Waals surface area contributed by atoms with Crippen molar-refractivity contribution in [2.45, 2.75) is 0 Å². The molecule has 0 heterocycles. The first kappa shape index (κ1) is 15.4.